The van der Waals surface area contributed by atoms with Crippen LogP contribution in [0.3, 0.4) is 0 Å². The predicted octanol–water partition coefficient (Wildman–Crippen LogP) is 1.67. The summed E-state index contributed by atoms with van der Waals surface area (Å²) in [7, 11) is 0. The first-order valence-corrected chi connectivity index (χ1v) is 6.65. The van der Waals surface area contributed by atoms with Gasteiger partial charge >= 0.3 is 5.97 Å². The molecular weight excluding hydrogens is 256 g/mol. The van der Waals surface area contributed by atoms with Gasteiger partial charge in [-0.1, -0.05) is 48.6 Å². The Labute approximate surface area is 118 Å². The maximum absolute atomic E-state index is 11.7. The van der Waals surface area contributed by atoms with Crippen molar-refractivity contribution in [1.82, 2.24) is 0 Å². The second-order valence-electron chi connectivity index (χ2n) is 5.86. The van der Waals surface area contributed by atoms with Crippen LogP contribution in [-0.2, 0) is 4.79 Å². The lowest BCUT2D eigenvalue weighted by atomic mass is 9.66. The molecule has 2 aliphatic carbocycles. The van der Waals surface area contributed by atoms with Crippen molar-refractivity contribution in [2.45, 2.75) is 25.0 Å². The van der Waals surface area contributed by atoms with Crippen LogP contribution in [0.2, 0.25) is 0 Å². The molecule has 0 amide bonds. The molecule has 3 N–H and O–H groups in total. The van der Waals surface area contributed by atoms with E-state index in [1.54, 1.807) is 62.5 Å². The maximum atomic E-state index is 11.7. The van der Waals surface area contributed by atoms with Crippen molar-refractivity contribution in [3.63, 3.8) is 0 Å². The maximum Gasteiger partial charge on any atom is 0.307 e. The van der Waals surface area contributed by atoms with E-state index in [4.69, 9.17) is 0 Å². The van der Waals surface area contributed by atoms with Crippen molar-refractivity contribution in [1.29, 1.82) is 0 Å². The fraction of sp³-hybridized carbons (Fsp3) is 0.438. The van der Waals surface area contributed by atoms with Gasteiger partial charge in [-0.3, -0.25) is 4.79 Å². The first kappa shape index (κ1) is 14.8. The van der Waals surface area contributed by atoms with Gasteiger partial charge in [0.25, 0.3) is 0 Å². The normalized spacial score (nSPS) is 40.8. The summed E-state index contributed by atoms with van der Waals surface area (Å²) in [5.41, 5.74) is -2.49. The summed E-state index contributed by atoms with van der Waals surface area (Å²) in [6.07, 6.45) is 13.4. The molecule has 0 aliphatic heterocycles. The number of allylic oxidation sites excluding steroid dienone is 4. The van der Waals surface area contributed by atoms with E-state index in [2.05, 4.69) is 0 Å². The summed E-state index contributed by atoms with van der Waals surface area (Å²) in [6, 6.07) is 0. The molecule has 0 radical (unpaired) electrons. The average molecular weight is 276 g/mol. The molecule has 20 heavy (non-hydrogen) atoms. The molecule has 2 aliphatic rings. The summed E-state index contributed by atoms with van der Waals surface area (Å²) < 4.78 is 0. The molecule has 4 unspecified atom stereocenters. The van der Waals surface area contributed by atoms with Gasteiger partial charge in [0.15, 0.2) is 0 Å². The monoisotopic (exact) mass is 276 g/mol. The smallest absolute Gasteiger partial charge is 0.307 e. The molecule has 0 fully saturated rings. The Balaban J connectivity index is 2.40. The van der Waals surface area contributed by atoms with Crippen molar-refractivity contribution < 1.29 is 20.1 Å². The third kappa shape index (κ3) is 2.62. The van der Waals surface area contributed by atoms with Gasteiger partial charge < -0.3 is 15.3 Å². The number of aliphatic carboxylic acids is 1. The number of hydrogen-bond donors (Lipinski definition) is 3. The molecule has 0 bridgehead atoms. The van der Waals surface area contributed by atoms with E-state index in [0.717, 1.165) is 0 Å². The van der Waals surface area contributed by atoms with Gasteiger partial charge in [-0.25, -0.2) is 0 Å². The van der Waals surface area contributed by atoms with Crippen LogP contribution in [0.1, 0.15) is 13.8 Å². The van der Waals surface area contributed by atoms with Crippen LogP contribution < -0.4 is 0 Å². The Morgan fingerprint density at radius 1 is 0.950 bits per heavy atom. The minimum absolute atomic E-state index is 0.599. The summed E-state index contributed by atoms with van der Waals surface area (Å²) in [6.45, 7) is 3.18. The van der Waals surface area contributed by atoms with Crippen LogP contribution in [0.25, 0.3) is 0 Å². The number of carbonyl (C=O) groups is 1. The molecule has 0 spiro atoms. The Morgan fingerprint density at radius 3 is 1.65 bits per heavy atom. The molecule has 4 nitrogen and oxygen atoms in total. The molecule has 0 aromatic heterocycles. The lowest BCUT2D eigenvalue weighted by Gasteiger charge is -2.41. The van der Waals surface area contributed by atoms with Crippen LogP contribution in [0.15, 0.2) is 48.6 Å². The Kier molecular flexibility index (Phi) is 3.71. The quantitative estimate of drug-likeness (QED) is 0.733. The van der Waals surface area contributed by atoms with Gasteiger partial charge in [0.2, 0.25) is 0 Å². The molecular formula is C16H20O4. The third-order valence-corrected chi connectivity index (χ3v) is 4.14. The lowest BCUT2D eigenvalue weighted by molar-refractivity contribution is -0.151. The van der Waals surface area contributed by atoms with E-state index < -0.39 is 34.9 Å². The highest BCUT2D eigenvalue weighted by Gasteiger charge is 2.47. The molecule has 2 rings (SSSR count). The van der Waals surface area contributed by atoms with Crippen molar-refractivity contribution in [3.05, 3.63) is 48.6 Å². The van der Waals surface area contributed by atoms with Crippen LogP contribution >= 0.6 is 0 Å². The zero-order valence-corrected chi connectivity index (χ0v) is 11.6. The molecule has 108 valence electrons. The minimum Gasteiger partial charge on any atom is -0.481 e. The van der Waals surface area contributed by atoms with Crippen molar-refractivity contribution in [3.8, 4) is 0 Å². The van der Waals surface area contributed by atoms with Gasteiger partial charge in [0.05, 0.1) is 17.1 Å². The second-order valence-corrected chi connectivity index (χ2v) is 5.86. The first-order chi connectivity index (χ1) is 9.26. The van der Waals surface area contributed by atoms with E-state index in [0.29, 0.717) is 0 Å². The van der Waals surface area contributed by atoms with Crippen LogP contribution in [-0.4, -0.2) is 32.5 Å². The number of carboxylic acid groups (broad SMARTS) is 1. The Hall–Kier alpha value is -1.65. The van der Waals surface area contributed by atoms with Gasteiger partial charge in [0.1, 0.15) is 0 Å². The summed E-state index contributed by atoms with van der Waals surface area (Å²) in [4.78, 5) is 11.7. The third-order valence-electron chi connectivity index (χ3n) is 4.14. The summed E-state index contributed by atoms with van der Waals surface area (Å²) in [5.74, 6) is -3.14. The number of aliphatic hydroxyl groups is 2. The van der Waals surface area contributed by atoms with Gasteiger partial charge in [-0.05, 0) is 13.8 Å². The molecule has 4 atom stereocenters. The van der Waals surface area contributed by atoms with E-state index in [1.165, 1.54) is 0 Å². The molecule has 4 heteroatoms. The van der Waals surface area contributed by atoms with Gasteiger partial charge in [0, 0.05) is 11.8 Å². The van der Waals surface area contributed by atoms with Crippen molar-refractivity contribution in [2.75, 3.05) is 0 Å². The van der Waals surface area contributed by atoms with Crippen molar-refractivity contribution in [2.24, 2.45) is 17.8 Å². The zero-order chi connectivity index (χ0) is 15.0. The standard InChI is InChI=1S/C16H20O4/c1-15(19)9-5-3-7-11(15)13(14(17)18)12-8-4-6-10-16(12,2)20/h3-13,19-20H,1-2H3,(H,17,18). The fourth-order valence-corrected chi connectivity index (χ4v) is 2.98. The van der Waals surface area contributed by atoms with Crippen molar-refractivity contribution >= 4 is 5.97 Å². The largest absolute Gasteiger partial charge is 0.481 e. The van der Waals surface area contributed by atoms with E-state index in [-0.39, 0.29) is 0 Å². The highest BCUT2D eigenvalue weighted by Crippen LogP contribution is 2.41. The van der Waals surface area contributed by atoms with Gasteiger partial charge in [-0.2, -0.15) is 0 Å². The Bertz CT molecular complexity index is 469. The molecule has 0 heterocycles. The van der Waals surface area contributed by atoms with Crippen LogP contribution in [0, 0.1) is 17.8 Å². The molecule has 0 saturated carbocycles. The number of hydrogen-bond acceptors (Lipinski definition) is 3. The zero-order valence-electron chi connectivity index (χ0n) is 11.6. The highest BCUT2D eigenvalue weighted by molar-refractivity contribution is 5.72. The van der Waals surface area contributed by atoms with E-state index in [9.17, 15) is 20.1 Å². The highest BCUT2D eigenvalue weighted by atomic mass is 16.4. The Morgan fingerprint density at radius 2 is 1.35 bits per heavy atom. The molecule has 0 aromatic carbocycles. The summed E-state index contributed by atoms with van der Waals surface area (Å²) in [5, 5.41) is 30.5. The molecule has 0 aromatic rings. The van der Waals surface area contributed by atoms with Crippen LogP contribution in [0.5, 0.6) is 0 Å². The fourth-order valence-electron chi connectivity index (χ4n) is 2.98. The van der Waals surface area contributed by atoms with Gasteiger partial charge in [-0.15, -0.1) is 0 Å². The average Bonchev–Trinajstić information content (AvgIpc) is 2.32. The first-order valence-electron chi connectivity index (χ1n) is 6.65. The van der Waals surface area contributed by atoms with Crippen LogP contribution in [0.4, 0.5) is 0 Å². The predicted molar refractivity (Wildman–Crippen MR) is 75.9 cm³/mol. The minimum atomic E-state index is -1.25. The SMILES string of the molecule is CC1(O)C=CC=CC1C(C(=O)O)C1C=CC=CC1(C)O. The van der Waals surface area contributed by atoms with E-state index in [1.807, 2.05) is 0 Å². The summed E-state index contributed by atoms with van der Waals surface area (Å²) >= 11 is 0. The molecule has 0 saturated heterocycles. The lowest BCUT2D eigenvalue weighted by Crippen LogP contribution is -2.49. The number of carboxylic acids is 1. The van der Waals surface area contributed by atoms with E-state index >= 15 is 0 Å². The topological polar surface area (TPSA) is 77.8 Å². The number of rotatable bonds is 3. The second kappa shape index (κ2) is 5.04.